The van der Waals surface area contributed by atoms with Crippen LogP contribution in [0.3, 0.4) is 0 Å². The molecule has 0 aliphatic heterocycles. The number of nitrogens with one attached hydrogen (secondary N) is 2. The number of carbonyl (C=O) groups excluding carboxylic acids is 1. The summed E-state index contributed by atoms with van der Waals surface area (Å²) in [5.74, 6) is -0.872. The number of aryl methyl sites for hydroxylation is 1. The van der Waals surface area contributed by atoms with E-state index in [1.54, 1.807) is 12.4 Å². The van der Waals surface area contributed by atoms with E-state index in [0.29, 0.717) is 25.8 Å². The highest BCUT2D eigenvalue weighted by Crippen LogP contribution is 2.08. The number of aromatic nitrogens is 2. The molecule has 2 aromatic rings. The van der Waals surface area contributed by atoms with Crippen LogP contribution in [0.2, 0.25) is 0 Å². The smallest absolute Gasteiger partial charge is 0.315 e. The van der Waals surface area contributed by atoms with Gasteiger partial charge in [0.15, 0.2) is 0 Å². The SMILES string of the molecule is Cc1cnc(CCNC(=O)NC(CCC(=O)O)Cc2ccccc2)cn1. The summed E-state index contributed by atoms with van der Waals surface area (Å²) in [5, 5.41) is 14.6. The number of hydrogen-bond donors (Lipinski definition) is 3. The predicted octanol–water partition coefficient (Wildman–Crippen LogP) is 2.10. The van der Waals surface area contributed by atoms with Gasteiger partial charge in [-0.25, -0.2) is 4.79 Å². The van der Waals surface area contributed by atoms with Crippen molar-refractivity contribution in [3.05, 3.63) is 59.7 Å². The van der Waals surface area contributed by atoms with Crippen LogP contribution < -0.4 is 10.6 Å². The van der Waals surface area contributed by atoms with Gasteiger partial charge in [0.2, 0.25) is 0 Å². The molecule has 7 heteroatoms. The minimum atomic E-state index is -0.872. The summed E-state index contributed by atoms with van der Waals surface area (Å²) in [6.07, 6.45) is 4.94. The molecule has 0 aliphatic carbocycles. The first-order valence-corrected chi connectivity index (χ1v) is 8.60. The van der Waals surface area contributed by atoms with Gasteiger partial charge >= 0.3 is 12.0 Å². The molecular formula is C19H24N4O3. The molecule has 2 rings (SSSR count). The normalized spacial score (nSPS) is 11.6. The molecule has 0 fully saturated rings. The van der Waals surface area contributed by atoms with Crippen molar-refractivity contribution in [1.29, 1.82) is 0 Å². The molecule has 1 atom stereocenters. The lowest BCUT2D eigenvalue weighted by atomic mass is 10.0. The number of hydrogen-bond acceptors (Lipinski definition) is 4. The number of aliphatic carboxylic acids is 1. The highest BCUT2D eigenvalue weighted by molar-refractivity contribution is 5.74. The van der Waals surface area contributed by atoms with Gasteiger partial charge < -0.3 is 15.7 Å². The zero-order chi connectivity index (χ0) is 18.8. The van der Waals surface area contributed by atoms with Crippen molar-refractivity contribution < 1.29 is 14.7 Å². The van der Waals surface area contributed by atoms with Crippen molar-refractivity contribution in [2.45, 2.75) is 38.6 Å². The third-order valence-electron chi connectivity index (χ3n) is 3.87. The van der Waals surface area contributed by atoms with E-state index in [2.05, 4.69) is 20.6 Å². The van der Waals surface area contributed by atoms with Crippen molar-refractivity contribution in [2.24, 2.45) is 0 Å². The Morgan fingerprint density at radius 1 is 1.15 bits per heavy atom. The second-order valence-corrected chi connectivity index (χ2v) is 6.12. The lowest BCUT2D eigenvalue weighted by molar-refractivity contribution is -0.137. The lowest BCUT2D eigenvalue weighted by Crippen LogP contribution is -2.44. The number of nitrogens with zero attached hydrogens (tertiary/aromatic N) is 2. The predicted molar refractivity (Wildman–Crippen MR) is 97.8 cm³/mol. The summed E-state index contributed by atoms with van der Waals surface area (Å²) in [7, 11) is 0. The van der Waals surface area contributed by atoms with Crippen LogP contribution >= 0.6 is 0 Å². The van der Waals surface area contributed by atoms with Crippen LogP contribution in [-0.2, 0) is 17.6 Å². The molecule has 0 saturated heterocycles. The number of urea groups is 1. The van der Waals surface area contributed by atoms with Crippen LogP contribution in [0.4, 0.5) is 4.79 Å². The summed E-state index contributed by atoms with van der Waals surface area (Å²) >= 11 is 0. The number of benzene rings is 1. The Balaban J connectivity index is 1.82. The first-order valence-electron chi connectivity index (χ1n) is 8.60. The molecule has 0 saturated carbocycles. The Kier molecular flexibility index (Phi) is 7.54. The molecule has 1 heterocycles. The van der Waals surface area contributed by atoms with E-state index in [0.717, 1.165) is 17.0 Å². The molecule has 1 unspecified atom stereocenters. The van der Waals surface area contributed by atoms with Crippen molar-refractivity contribution >= 4 is 12.0 Å². The Labute approximate surface area is 152 Å². The number of rotatable bonds is 9. The number of carboxylic acids is 1. The van der Waals surface area contributed by atoms with Gasteiger partial charge in [0.25, 0.3) is 0 Å². The van der Waals surface area contributed by atoms with E-state index >= 15 is 0 Å². The molecule has 1 aromatic heterocycles. The highest BCUT2D eigenvalue weighted by Gasteiger charge is 2.14. The number of carbonyl (C=O) groups is 2. The summed E-state index contributed by atoms with van der Waals surface area (Å²) in [6, 6.07) is 9.14. The van der Waals surface area contributed by atoms with Crippen LogP contribution in [0.5, 0.6) is 0 Å². The average Bonchev–Trinajstić information content (AvgIpc) is 2.62. The van der Waals surface area contributed by atoms with Gasteiger partial charge in [-0.2, -0.15) is 0 Å². The van der Waals surface area contributed by atoms with Crippen LogP contribution in [0.25, 0.3) is 0 Å². The third kappa shape index (κ3) is 7.29. The van der Waals surface area contributed by atoms with Crippen LogP contribution in [-0.4, -0.2) is 39.7 Å². The van der Waals surface area contributed by atoms with E-state index < -0.39 is 5.97 Å². The minimum absolute atomic E-state index is 0.0107. The Bertz CT molecular complexity index is 704. The van der Waals surface area contributed by atoms with Gasteiger partial charge in [-0.3, -0.25) is 14.8 Å². The first kappa shape index (κ1) is 19.4. The summed E-state index contributed by atoms with van der Waals surface area (Å²) in [5.41, 5.74) is 2.71. The molecule has 3 N–H and O–H groups in total. The van der Waals surface area contributed by atoms with Crippen LogP contribution in [0.1, 0.15) is 29.8 Å². The molecule has 0 bridgehead atoms. The second kappa shape index (κ2) is 10.1. The topological polar surface area (TPSA) is 104 Å². The van der Waals surface area contributed by atoms with E-state index in [4.69, 9.17) is 5.11 Å². The quantitative estimate of drug-likeness (QED) is 0.638. The molecule has 0 spiro atoms. The third-order valence-corrected chi connectivity index (χ3v) is 3.87. The highest BCUT2D eigenvalue weighted by atomic mass is 16.4. The fourth-order valence-corrected chi connectivity index (χ4v) is 2.51. The minimum Gasteiger partial charge on any atom is -0.481 e. The maximum Gasteiger partial charge on any atom is 0.315 e. The second-order valence-electron chi connectivity index (χ2n) is 6.12. The molecule has 7 nitrogen and oxygen atoms in total. The molecule has 0 aliphatic rings. The fourth-order valence-electron chi connectivity index (χ4n) is 2.51. The molecule has 138 valence electrons. The van der Waals surface area contributed by atoms with Gasteiger partial charge in [-0.1, -0.05) is 30.3 Å². The van der Waals surface area contributed by atoms with Crippen LogP contribution in [0.15, 0.2) is 42.7 Å². The van der Waals surface area contributed by atoms with Crippen molar-refractivity contribution in [3.8, 4) is 0 Å². The Morgan fingerprint density at radius 2 is 1.92 bits per heavy atom. The summed E-state index contributed by atoms with van der Waals surface area (Å²) < 4.78 is 0. The Hall–Kier alpha value is -2.96. The number of amides is 2. The summed E-state index contributed by atoms with van der Waals surface area (Å²) in [6.45, 7) is 2.30. The molecular weight excluding hydrogens is 332 g/mol. The molecule has 26 heavy (non-hydrogen) atoms. The van der Waals surface area contributed by atoms with Gasteiger partial charge in [-0.05, 0) is 25.3 Å². The van der Waals surface area contributed by atoms with E-state index in [-0.39, 0.29) is 18.5 Å². The van der Waals surface area contributed by atoms with Gasteiger partial charge in [0, 0.05) is 37.8 Å². The largest absolute Gasteiger partial charge is 0.481 e. The van der Waals surface area contributed by atoms with Crippen LogP contribution in [0, 0.1) is 6.92 Å². The Morgan fingerprint density at radius 3 is 2.58 bits per heavy atom. The fraction of sp³-hybridized carbons (Fsp3) is 0.368. The van der Waals surface area contributed by atoms with E-state index in [1.165, 1.54) is 0 Å². The summed E-state index contributed by atoms with van der Waals surface area (Å²) in [4.78, 5) is 31.4. The van der Waals surface area contributed by atoms with Gasteiger partial charge in [-0.15, -0.1) is 0 Å². The van der Waals surface area contributed by atoms with Crippen molar-refractivity contribution in [3.63, 3.8) is 0 Å². The monoisotopic (exact) mass is 356 g/mol. The zero-order valence-corrected chi connectivity index (χ0v) is 14.8. The molecule has 1 aromatic carbocycles. The maximum absolute atomic E-state index is 12.1. The number of carboxylic acid groups (broad SMARTS) is 1. The van der Waals surface area contributed by atoms with Crippen molar-refractivity contribution in [1.82, 2.24) is 20.6 Å². The van der Waals surface area contributed by atoms with E-state index in [9.17, 15) is 9.59 Å². The van der Waals surface area contributed by atoms with Gasteiger partial charge in [0.05, 0.1) is 11.4 Å². The molecule has 2 amide bonds. The molecule has 0 radical (unpaired) electrons. The standard InChI is InChI=1S/C19H24N4O3/c1-14-12-22-17(13-21-14)9-10-20-19(26)23-16(7-8-18(24)25)11-15-5-3-2-4-6-15/h2-6,12-13,16H,7-11H2,1H3,(H,24,25)(H2,20,23,26). The average molecular weight is 356 g/mol. The van der Waals surface area contributed by atoms with Gasteiger partial charge in [0.1, 0.15) is 0 Å². The van der Waals surface area contributed by atoms with E-state index in [1.807, 2.05) is 37.3 Å². The lowest BCUT2D eigenvalue weighted by Gasteiger charge is -2.18. The first-order chi connectivity index (χ1) is 12.5. The maximum atomic E-state index is 12.1. The zero-order valence-electron chi connectivity index (χ0n) is 14.8. The van der Waals surface area contributed by atoms with Crippen molar-refractivity contribution in [2.75, 3.05) is 6.54 Å².